The first-order valence-corrected chi connectivity index (χ1v) is 12.4. The van der Waals surface area contributed by atoms with Gasteiger partial charge in [0, 0.05) is 23.2 Å². The molecule has 0 aliphatic carbocycles. The normalized spacial score (nSPS) is 12.2. The molecule has 10 heteroatoms. The predicted molar refractivity (Wildman–Crippen MR) is 138 cm³/mol. The Hall–Kier alpha value is -2.94. The van der Waals surface area contributed by atoms with Crippen molar-refractivity contribution in [2.24, 2.45) is 5.73 Å². The summed E-state index contributed by atoms with van der Waals surface area (Å²) in [5.74, 6) is -2.37. The van der Waals surface area contributed by atoms with Crippen molar-refractivity contribution in [2.75, 3.05) is 0 Å². The smallest absolute Gasteiger partial charge is 0.326 e. The highest BCUT2D eigenvalue weighted by molar-refractivity contribution is 7.19. The molecular weight excluding hydrogens is 509 g/mol. The fourth-order valence-corrected chi connectivity index (χ4v) is 5.07. The number of benzene rings is 1. The molecule has 0 aliphatic rings. The maximum absolute atomic E-state index is 13.7. The number of pyridine rings is 1. The number of nitrogens with zero attached hydrogens (tertiary/aromatic N) is 2. The average molecular weight is 534 g/mol. The standard InChI is InChI=1S/C25H25Cl2N3O4S/c1-25(2,13-15-3-6-17(26)7-4-15)30(19(24(33)34)9-12-22(28)31)23(32)16-5-8-18(29-14-16)20-10-11-21(27)35-20/h3-8,10-11,14,19H,9,12-13H2,1-2H3,(H2,28,31)(H,33,34)/t19-/m0/s1. The highest BCUT2D eigenvalue weighted by Gasteiger charge is 2.40. The molecule has 0 fully saturated rings. The number of thiophene rings is 1. The molecule has 2 heterocycles. The van der Waals surface area contributed by atoms with Crippen LogP contribution >= 0.6 is 34.5 Å². The number of hydrogen-bond donors (Lipinski definition) is 2. The summed E-state index contributed by atoms with van der Waals surface area (Å²) in [6.45, 7) is 3.57. The molecule has 7 nitrogen and oxygen atoms in total. The maximum Gasteiger partial charge on any atom is 0.326 e. The lowest BCUT2D eigenvalue weighted by Gasteiger charge is -2.42. The van der Waals surface area contributed by atoms with Crippen molar-refractivity contribution in [1.29, 1.82) is 0 Å². The van der Waals surface area contributed by atoms with Crippen LogP contribution < -0.4 is 5.73 Å². The van der Waals surface area contributed by atoms with Gasteiger partial charge in [0.25, 0.3) is 5.91 Å². The Labute approximate surface area is 217 Å². The van der Waals surface area contributed by atoms with Gasteiger partial charge in [0.2, 0.25) is 5.91 Å². The van der Waals surface area contributed by atoms with Crippen LogP contribution in [-0.2, 0) is 16.0 Å². The van der Waals surface area contributed by atoms with Crippen LogP contribution in [0.25, 0.3) is 10.6 Å². The number of carboxylic acids is 1. The second-order valence-electron chi connectivity index (χ2n) is 8.69. The van der Waals surface area contributed by atoms with Gasteiger partial charge in [0.15, 0.2) is 0 Å². The molecule has 3 rings (SSSR count). The van der Waals surface area contributed by atoms with E-state index >= 15 is 0 Å². The van der Waals surface area contributed by atoms with Crippen molar-refractivity contribution in [2.45, 2.75) is 44.7 Å². The van der Waals surface area contributed by atoms with Gasteiger partial charge in [-0.1, -0.05) is 35.3 Å². The van der Waals surface area contributed by atoms with Crippen molar-refractivity contribution in [3.05, 3.63) is 75.2 Å². The molecule has 0 spiro atoms. The van der Waals surface area contributed by atoms with E-state index in [1.807, 2.05) is 18.2 Å². The van der Waals surface area contributed by atoms with Gasteiger partial charge in [0.05, 0.1) is 20.5 Å². The number of carbonyl (C=O) groups excluding carboxylic acids is 2. The van der Waals surface area contributed by atoms with Gasteiger partial charge in [-0.3, -0.25) is 14.6 Å². The number of primary amides is 1. The molecule has 35 heavy (non-hydrogen) atoms. The quantitative estimate of drug-likeness (QED) is 0.367. The van der Waals surface area contributed by atoms with E-state index in [0.29, 0.717) is 21.5 Å². The Bertz CT molecular complexity index is 1210. The fraction of sp³-hybridized carbons (Fsp3) is 0.280. The number of carboxylic acid groups (broad SMARTS) is 1. The van der Waals surface area contributed by atoms with E-state index in [1.54, 1.807) is 44.2 Å². The van der Waals surface area contributed by atoms with Crippen LogP contribution in [0.2, 0.25) is 9.36 Å². The van der Waals surface area contributed by atoms with Crippen molar-refractivity contribution in [1.82, 2.24) is 9.88 Å². The Morgan fingerprint density at radius 1 is 1.09 bits per heavy atom. The first-order valence-electron chi connectivity index (χ1n) is 10.8. The van der Waals surface area contributed by atoms with Gasteiger partial charge in [-0.25, -0.2) is 4.79 Å². The molecule has 3 aromatic rings. The van der Waals surface area contributed by atoms with Gasteiger partial charge in [-0.05, 0) is 68.7 Å². The Balaban J connectivity index is 1.98. The van der Waals surface area contributed by atoms with Crippen LogP contribution in [0.5, 0.6) is 0 Å². The van der Waals surface area contributed by atoms with Crippen LogP contribution in [0.4, 0.5) is 0 Å². The number of amides is 2. The average Bonchev–Trinajstić information content (AvgIpc) is 3.23. The number of hydrogen-bond acceptors (Lipinski definition) is 5. The zero-order chi connectivity index (χ0) is 25.8. The van der Waals surface area contributed by atoms with Gasteiger partial charge < -0.3 is 15.7 Å². The molecule has 3 N–H and O–H groups in total. The van der Waals surface area contributed by atoms with Crippen LogP contribution in [-0.4, -0.2) is 44.4 Å². The van der Waals surface area contributed by atoms with Gasteiger partial charge in [-0.15, -0.1) is 11.3 Å². The summed E-state index contributed by atoms with van der Waals surface area (Å²) in [4.78, 5) is 44.0. The summed E-state index contributed by atoms with van der Waals surface area (Å²) in [6, 6.07) is 12.8. The molecule has 2 amide bonds. The first-order chi connectivity index (χ1) is 16.5. The molecular formula is C25H25Cl2N3O4S. The van der Waals surface area contributed by atoms with Crippen LogP contribution in [0.1, 0.15) is 42.6 Å². The summed E-state index contributed by atoms with van der Waals surface area (Å²) >= 11 is 13.4. The number of nitrogens with two attached hydrogens (primary N) is 1. The lowest BCUT2D eigenvalue weighted by Crippen LogP contribution is -2.57. The summed E-state index contributed by atoms with van der Waals surface area (Å²) in [6.07, 6.45) is 1.49. The summed E-state index contributed by atoms with van der Waals surface area (Å²) < 4.78 is 0.621. The molecule has 1 aromatic carbocycles. The van der Waals surface area contributed by atoms with Crippen LogP contribution in [0, 0.1) is 0 Å². The van der Waals surface area contributed by atoms with E-state index in [2.05, 4.69) is 4.98 Å². The van der Waals surface area contributed by atoms with Gasteiger partial charge in [-0.2, -0.15) is 0 Å². The molecule has 0 bridgehead atoms. The molecule has 184 valence electrons. The molecule has 0 saturated carbocycles. The Morgan fingerprint density at radius 2 is 1.77 bits per heavy atom. The molecule has 0 saturated heterocycles. The SMILES string of the molecule is CC(C)(Cc1ccc(Cl)cc1)N(C(=O)c1ccc(-c2ccc(Cl)s2)nc1)[C@@H](CCC(N)=O)C(=O)O. The largest absolute Gasteiger partial charge is 0.480 e. The zero-order valence-electron chi connectivity index (χ0n) is 19.2. The number of carbonyl (C=O) groups is 3. The lowest BCUT2D eigenvalue weighted by molar-refractivity contribution is -0.144. The van der Waals surface area contributed by atoms with Crippen molar-refractivity contribution in [3.8, 4) is 10.6 Å². The third kappa shape index (κ3) is 6.81. The second kappa shape index (κ2) is 11.2. The number of aromatic nitrogens is 1. The Morgan fingerprint density at radius 3 is 2.29 bits per heavy atom. The van der Waals surface area contributed by atoms with E-state index in [-0.39, 0.29) is 18.4 Å². The number of aliphatic carboxylic acids is 1. The minimum atomic E-state index is -1.27. The molecule has 2 aromatic heterocycles. The van der Waals surface area contributed by atoms with Gasteiger partial charge >= 0.3 is 5.97 Å². The van der Waals surface area contributed by atoms with Crippen molar-refractivity contribution in [3.63, 3.8) is 0 Å². The van der Waals surface area contributed by atoms with Crippen molar-refractivity contribution >= 4 is 52.3 Å². The van der Waals surface area contributed by atoms with E-state index in [9.17, 15) is 19.5 Å². The third-order valence-corrected chi connectivity index (χ3v) is 7.02. The minimum Gasteiger partial charge on any atom is -0.480 e. The third-order valence-electron chi connectivity index (χ3n) is 5.52. The molecule has 0 radical (unpaired) electrons. The topological polar surface area (TPSA) is 114 Å². The number of rotatable bonds is 10. The van der Waals surface area contributed by atoms with Crippen LogP contribution in [0.15, 0.2) is 54.7 Å². The summed E-state index contributed by atoms with van der Waals surface area (Å²) in [5, 5.41) is 10.6. The molecule has 0 aliphatic heterocycles. The second-order valence-corrected chi connectivity index (χ2v) is 10.8. The summed E-state index contributed by atoms with van der Waals surface area (Å²) in [5.41, 5.74) is 6.09. The Kier molecular flexibility index (Phi) is 8.53. The summed E-state index contributed by atoms with van der Waals surface area (Å²) in [7, 11) is 0. The van der Waals surface area contributed by atoms with E-state index in [1.165, 1.54) is 22.4 Å². The number of halogens is 2. The van der Waals surface area contributed by atoms with E-state index in [0.717, 1.165) is 10.4 Å². The van der Waals surface area contributed by atoms with Gasteiger partial charge in [0.1, 0.15) is 6.04 Å². The first kappa shape index (κ1) is 26.7. The minimum absolute atomic E-state index is 0.111. The van der Waals surface area contributed by atoms with E-state index < -0.39 is 29.4 Å². The van der Waals surface area contributed by atoms with E-state index in [4.69, 9.17) is 28.9 Å². The zero-order valence-corrected chi connectivity index (χ0v) is 21.5. The highest BCUT2D eigenvalue weighted by atomic mass is 35.5. The van der Waals surface area contributed by atoms with Crippen LogP contribution in [0.3, 0.4) is 0 Å². The monoisotopic (exact) mass is 533 g/mol. The van der Waals surface area contributed by atoms with Crippen molar-refractivity contribution < 1.29 is 19.5 Å². The predicted octanol–water partition coefficient (Wildman–Crippen LogP) is 5.30. The molecule has 0 unspecified atom stereocenters. The molecule has 1 atom stereocenters. The fourth-order valence-electron chi connectivity index (χ4n) is 3.92. The maximum atomic E-state index is 13.7. The highest BCUT2D eigenvalue weighted by Crippen LogP contribution is 2.31. The lowest BCUT2D eigenvalue weighted by atomic mass is 9.89.